The monoisotopic (exact) mass is 415 g/mol. The van der Waals surface area contributed by atoms with Gasteiger partial charge in [0.2, 0.25) is 0 Å². The van der Waals surface area contributed by atoms with Crippen LogP contribution >= 0.6 is 43.2 Å². The maximum Gasteiger partial charge on any atom is 0.262 e. The van der Waals surface area contributed by atoms with Crippen molar-refractivity contribution in [3.05, 3.63) is 54.6 Å². The van der Waals surface area contributed by atoms with Crippen LogP contribution in [-0.2, 0) is 5.54 Å². The Morgan fingerprint density at radius 1 is 1.20 bits per heavy atom. The Morgan fingerprint density at radius 3 is 2.30 bits per heavy atom. The number of benzene rings is 1. The molecule has 1 aromatic heterocycles. The summed E-state index contributed by atoms with van der Waals surface area (Å²) in [6.45, 7) is 5.99. The van der Waals surface area contributed by atoms with Crippen molar-refractivity contribution in [1.29, 1.82) is 0 Å². The molecule has 2 aromatic rings. The predicted octanol–water partition coefficient (Wildman–Crippen LogP) is 5.25. The number of rotatable bonds is 3. The Hall–Kier alpha value is -0.650. The van der Waals surface area contributed by atoms with Crippen LogP contribution in [0.25, 0.3) is 0 Å². The summed E-state index contributed by atoms with van der Waals surface area (Å²) in [5.74, 6) is -0.0447. The van der Waals surface area contributed by atoms with E-state index in [9.17, 15) is 4.79 Å². The van der Waals surface area contributed by atoms with Gasteiger partial charge in [-0.25, -0.2) is 0 Å². The number of carbonyl (C=O) groups is 1. The highest BCUT2D eigenvalue weighted by molar-refractivity contribution is 9.11. The molecule has 1 N–H and O–H groups in total. The maximum absolute atomic E-state index is 12.3. The fourth-order valence-corrected chi connectivity index (χ4v) is 3.55. The summed E-state index contributed by atoms with van der Waals surface area (Å²) in [5, 5.41) is 3.08. The molecule has 0 aliphatic heterocycles. The molecule has 1 amide bonds. The highest BCUT2D eigenvalue weighted by atomic mass is 79.9. The van der Waals surface area contributed by atoms with Crippen LogP contribution in [0, 0.1) is 6.92 Å². The summed E-state index contributed by atoms with van der Waals surface area (Å²) < 4.78 is 2.03. The first-order chi connectivity index (χ1) is 9.29. The van der Waals surface area contributed by atoms with Crippen LogP contribution < -0.4 is 5.32 Å². The molecular weight excluding hydrogens is 402 g/mol. The molecule has 0 atom stereocenters. The second-order valence-electron chi connectivity index (χ2n) is 5.15. The molecule has 0 saturated heterocycles. The zero-order chi connectivity index (χ0) is 14.9. The smallest absolute Gasteiger partial charge is 0.262 e. The molecule has 2 nitrogen and oxygen atoms in total. The molecule has 0 unspecified atom stereocenters. The van der Waals surface area contributed by atoms with Crippen LogP contribution in [0.2, 0.25) is 0 Å². The standard InChI is InChI=1S/C15H15Br2NOS/c1-9-8-12(20-13(9)17)14(19)18-15(2,3)10-4-6-11(16)7-5-10/h4-8H,1-3H3,(H,18,19). The van der Waals surface area contributed by atoms with Crippen molar-refractivity contribution in [2.24, 2.45) is 0 Å². The van der Waals surface area contributed by atoms with Crippen LogP contribution in [0.15, 0.2) is 38.6 Å². The third-order valence-electron chi connectivity index (χ3n) is 3.07. The molecule has 0 aliphatic rings. The lowest BCUT2D eigenvalue weighted by molar-refractivity contribution is 0.0916. The molecule has 1 aromatic carbocycles. The van der Waals surface area contributed by atoms with E-state index in [2.05, 4.69) is 37.2 Å². The van der Waals surface area contributed by atoms with Gasteiger partial charge in [-0.05, 0) is 66.0 Å². The topological polar surface area (TPSA) is 29.1 Å². The number of aryl methyl sites for hydroxylation is 1. The van der Waals surface area contributed by atoms with Crippen molar-refractivity contribution in [3.63, 3.8) is 0 Å². The molecule has 0 aliphatic carbocycles. The molecule has 2 rings (SSSR count). The van der Waals surface area contributed by atoms with Crippen molar-refractivity contribution in [3.8, 4) is 0 Å². The zero-order valence-corrected chi connectivity index (χ0v) is 15.4. The Morgan fingerprint density at radius 2 is 1.80 bits per heavy atom. The van der Waals surface area contributed by atoms with E-state index in [4.69, 9.17) is 0 Å². The van der Waals surface area contributed by atoms with E-state index in [0.29, 0.717) is 0 Å². The van der Waals surface area contributed by atoms with Gasteiger partial charge >= 0.3 is 0 Å². The van der Waals surface area contributed by atoms with Gasteiger partial charge in [0.05, 0.1) is 14.2 Å². The predicted molar refractivity (Wildman–Crippen MR) is 91.4 cm³/mol. The minimum absolute atomic E-state index is 0.0447. The van der Waals surface area contributed by atoms with Crippen LogP contribution in [0.4, 0.5) is 0 Å². The van der Waals surface area contributed by atoms with E-state index >= 15 is 0 Å². The average molecular weight is 417 g/mol. The highest BCUT2D eigenvalue weighted by Gasteiger charge is 2.24. The first-order valence-electron chi connectivity index (χ1n) is 6.14. The first-order valence-corrected chi connectivity index (χ1v) is 8.54. The summed E-state index contributed by atoms with van der Waals surface area (Å²) >= 11 is 8.33. The normalized spacial score (nSPS) is 11.4. The van der Waals surface area contributed by atoms with Crippen molar-refractivity contribution in [2.75, 3.05) is 0 Å². The number of carbonyl (C=O) groups excluding carboxylic acids is 1. The van der Waals surface area contributed by atoms with Crippen molar-refractivity contribution in [2.45, 2.75) is 26.3 Å². The van der Waals surface area contributed by atoms with Gasteiger partial charge in [0.25, 0.3) is 5.91 Å². The SMILES string of the molecule is Cc1cc(C(=O)NC(C)(C)c2ccc(Br)cc2)sc1Br. The van der Waals surface area contributed by atoms with E-state index in [1.54, 1.807) is 0 Å². The molecule has 1 heterocycles. The lowest BCUT2D eigenvalue weighted by Gasteiger charge is -2.26. The largest absolute Gasteiger partial charge is 0.342 e. The van der Waals surface area contributed by atoms with Crippen molar-refractivity contribution >= 4 is 49.1 Å². The van der Waals surface area contributed by atoms with Crippen LogP contribution in [-0.4, -0.2) is 5.91 Å². The summed E-state index contributed by atoms with van der Waals surface area (Å²) in [6, 6.07) is 9.89. The van der Waals surface area contributed by atoms with E-state index in [0.717, 1.165) is 24.3 Å². The Balaban J connectivity index is 2.19. The first kappa shape index (κ1) is 15.7. The summed E-state index contributed by atoms with van der Waals surface area (Å²) in [6.07, 6.45) is 0. The van der Waals surface area contributed by atoms with Crippen molar-refractivity contribution < 1.29 is 4.79 Å². The second kappa shape index (κ2) is 6.00. The maximum atomic E-state index is 12.3. The van der Waals surface area contributed by atoms with Gasteiger partial charge in [0, 0.05) is 4.47 Å². The van der Waals surface area contributed by atoms with Crippen LogP contribution in [0.3, 0.4) is 0 Å². The molecular formula is C15H15Br2NOS. The minimum atomic E-state index is -0.415. The molecule has 0 fully saturated rings. The summed E-state index contributed by atoms with van der Waals surface area (Å²) in [5.41, 5.74) is 1.74. The quantitative estimate of drug-likeness (QED) is 0.727. The number of amides is 1. The molecule has 20 heavy (non-hydrogen) atoms. The fraction of sp³-hybridized carbons (Fsp3) is 0.267. The van der Waals surface area contributed by atoms with Gasteiger partial charge in [-0.1, -0.05) is 28.1 Å². The number of hydrogen-bond donors (Lipinski definition) is 1. The van der Waals surface area contributed by atoms with Crippen LogP contribution in [0.1, 0.15) is 34.6 Å². The lowest BCUT2D eigenvalue weighted by atomic mass is 9.94. The van der Waals surface area contributed by atoms with Gasteiger partial charge in [-0.3, -0.25) is 4.79 Å². The molecule has 0 radical (unpaired) electrons. The van der Waals surface area contributed by atoms with E-state index in [-0.39, 0.29) is 5.91 Å². The van der Waals surface area contributed by atoms with E-state index < -0.39 is 5.54 Å². The second-order valence-corrected chi connectivity index (χ2v) is 8.44. The Kier molecular flexibility index (Phi) is 4.72. The average Bonchev–Trinajstić information content (AvgIpc) is 2.70. The fourth-order valence-electron chi connectivity index (χ4n) is 1.86. The van der Waals surface area contributed by atoms with Crippen molar-refractivity contribution in [1.82, 2.24) is 5.32 Å². The van der Waals surface area contributed by atoms with Gasteiger partial charge in [0.1, 0.15) is 0 Å². The van der Waals surface area contributed by atoms with Crippen LogP contribution in [0.5, 0.6) is 0 Å². The molecule has 5 heteroatoms. The minimum Gasteiger partial charge on any atom is -0.342 e. The van der Waals surface area contributed by atoms with Gasteiger partial charge in [0.15, 0.2) is 0 Å². The molecule has 0 spiro atoms. The Bertz CT molecular complexity index is 612. The van der Waals surface area contributed by atoms with E-state index in [1.807, 2.05) is 51.1 Å². The van der Waals surface area contributed by atoms with E-state index in [1.165, 1.54) is 11.3 Å². The molecule has 0 bridgehead atoms. The highest BCUT2D eigenvalue weighted by Crippen LogP contribution is 2.29. The summed E-state index contributed by atoms with van der Waals surface area (Å²) in [4.78, 5) is 13.1. The van der Waals surface area contributed by atoms with Gasteiger partial charge in [-0.15, -0.1) is 11.3 Å². The number of thiophene rings is 1. The number of halogens is 2. The number of hydrogen-bond acceptors (Lipinski definition) is 2. The number of nitrogens with one attached hydrogen (secondary N) is 1. The lowest BCUT2D eigenvalue weighted by Crippen LogP contribution is -2.40. The Labute approximate surface area is 139 Å². The van der Waals surface area contributed by atoms with Gasteiger partial charge in [-0.2, -0.15) is 0 Å². The third-order valence-corrected chi connectivity index (χ3v) is 5.74. The summed E-state index contributed by atoms with van der Waals surface area (Å²) in [7, 11) is 0. The van der Waals surface area contributed by atoms with Gasteiger partial charge < -0.3 is 5.32 Å². The molecule has 0 saturated carbocycles. The third kappa shape index (κ3) is 3.51. The zero-order valence-electron chi connectivity index (χ0n) is 11.5. The molecule has 106 valence electrons.